The van der Waals surface area contributed by atoms with E-state index in [0.717, 1.165) is 5.56 Å². The molecule has 1 atom stereocenters. The van der Waals surface area contributed by atoms with Gasteiger partial charge in [0.2, 0.25) is 11.8 Å². The van der Waals surface area contributed by atoms with E-state index in [1.807, 2.05) is 30.3 Å². The lowest BCUT2D eigenvalue weighted by molar-refractivity contribution is 0.0935. The number of benzene rings is 3. The first-order valence-corrected chi connectivity index (χ1v) is 9.24. The Balaban J connectivity index is 1.70. The molecule has 0 aliphatic rings. The van der Waals surface area contributed by atoms with Crippen LogP contribution in [0.1, 0.15) is 27.9 Å². The molecule has 0 radical (unpaired) electrons. The van der Waals surface area contributed by atoms with Crippen LogP contribution in [-0.2, 0) is 0 Å². The molecule has 0 bridgehead atoms. The lowest BCUT2D eigenvalue weighted by Crippen LogP contribution is -2.30. The van der Waals surface area contributed by atoms with Gasteiger partial charge in [-0.1, -0.05) is 42.5 Å². The van der Waals surface area contributed by atoms with E-state index < -0.39 is 6.04 Å². The Morgan fingerprint density at radius 2 is 1.67 bits per heavy atom. The van der Waals surface area contributed by atoms with Crippen molar-refractivity contribution in [3.8, 4) is 17.2 Å². The Kier molecular flexibility index (Phi) is 5.52. The standard InChI is InChI=1S/C23H18FN3O3/c1-29-19-10-6-5-9-18(19)21(28)25-20(15-11-13-17(24)14-12-15)23-27-26-22(30-23)16-7-3-2-4-8-16/h2-14,20H,1H3,(H,25,28). The Morgan fingerprint density at radius 1 is 0.967 bits per heavy atom. The Hall–Kier alpha value is -4.00. The monoisotopic (exact) mass is 403 g/mol. The zero-order chi connectivity index (χ0) is 20.9. The third-order valence-electron chi connectivity index (χ3n) is 4.54. The maximum Gasteiger partial charge on any atom is 0.255 e. The van der Waals surface area contributed by atoms with Gasteiger partial charge in [-0.3, -0.25) is 4.79 Å². The number of carbonyl (C=O) groups excluding carboxylic acids is 1. The van der Waals surface area contributed by atoms with Crippen molar-refractivity contribution in [1.82, 2.24) is 15.5 Å². The summed E-state index contributed by atoms with van der Waals surface area (Å²) in [6.45, 7) is 0. The number of hydrogen-bond acceptors (Lipinski definition) is 5. The van der Waals surface area contributed by atoms with E-state index in [1.165, 1.54) is 19.2 Å². The summed E-state index contributed by atoms with van der Waals surface area (Å²) in [5.41, 5.74) is 1.71. The first kappa shape index (κ1) is 19.3. The molecule has 1 unspecified atom stereocenters. The molecule has 1 aromatic heterocycles. The van der Waals surface area contributed by atoms with Gasteiger partial charge < -0.3 is 14.5 Å². The van der Waals surface area contributed by atoms with Crippen molar-refractivity contribution in [2.45, 2.75) is 6.04 Å². The molecule has 0 aliphatic heterocycles. The van der Waals surface area contributed by atoms with E-state index >= 15 is 0 Å². The molecule has 0 saturated heterocycles. The summed E-state index contributed by atoms with van der Waals surface area (Å²) in [5, 5.41) is 11.1. The summed E-state index contributed by atoms with van der Waals surface area (Å²) in [5.74, 6) is 0.168. The predicted octanol–water partition coefficient (Wildman–Crippen LogP) is 4.40. The van der Waals surface area contributed by atoms with E-state index in [1.54, 1.807) is 36.4 Å². The zero-order valence-corrected chi connectivity index (χ0v) is 16.1. The molecule has 0 aliphatic carbocycles. The molecule has 0 fully saturated rings. The van der Waals surface area contributed by atoms with E-state index in [4.69, 9.17) is 9.15 Å². The fourth-order valence-corrected chi connectivity index (χ4v) is 3.03. The first-order valence-electron chi connectivity index (χ1n) is 9.24. The van der Waals surface area contributed by atoms with Gasteiger partial charge in [0.05, 0.1) is 12.7 Å². The molecule has 3 aromatic carbocycles. The number of amides is 1. The second kappa shape index (κ2) is 8.57. The summed E-state index contributed by atoms with van der Waals surface area (Å²) in [4.78, 5) is 13.0. The fraction of sp³-hybridized carbons (Fsp3) is 0.0870. The number of para-hydroxylation sites is 1. The molecule has 1 heterocycles. The third kappa shape index (κ3) is 4.05. The molecular formula is C23H18FN3O3. The number of nitrogens with zero attached hydrogens (tertiary/aromatic N) is 2. The molecule has 150 valence electrons. The van der Waals surface area contributed by atoms with Crippen molar-refractivity contribution in [1.29, 1.82) is 0 Å². The Labute approximate surface area is 172 Å². The van der Waals surface area contributed by atoms with Gasteiger partial charge in [0.15, 0.2) is 0 Å². The highest BCUT2D eigenvalue weighted by Gasteiger charge is 2.25. The summed E-state index contributed by atoms with van der Waals surface area (Å²) in [6, 6.07) is 21.1. The van der Waals surface area contributed by atoms with E-state index in [2.05, 4.69) is 15.5 Å². The van der Waals surface area contributed by atoms with Crippen molar-refractivity contribution in [3.05, 3.63) is 102 Å². The SMILES string of the molecule is COc1ccccc1C(=O)NC(c1ccc(F)cc1)c1nnc(-c2ccccc2)o1. The molecule has 1 N–H and O–H groups in total. The summed E-state index contributed by atoms with van der Waals surface area (Å²) in [6.07, 6.45) is 0. The molecule has 0 saturated carbocycles. The molecule has 4 rings (SSSR count). The topological polar surface area (TPSA) is 77.2 Å². The van der Waals surface area contributed by atoms with Crippen LogP contribution >= 0.6 is 0 Å². The number of ether oxygens (including phenoxy) is 1. The molecule has 30 heavy (non-hydrogen) atoms. The average Bonchev–Trinajstić information content (AvgIpc) is 3.28. The van der Waals surface area contributed by atoms with Gasteiger partial charge in [-0.25, -0.2) is 4.39 Å². The number of halogens is 1. The third-order valence-corrected chi connectivity index (χ3v) is 4.54. The number of carbonyl (C=O) groups is 1. The highest BCUT2D eigenvalue weighted by atomic mass is 19.1. The normalized spacial score (nSPS) is 11.7. The number of rotatable bonds is 6. The van der Waals surface area contributed by atoms with Gasteiger partial charge in [-0.05, 0) is 42.0 Å². The number of aromatic nitrogens is 2. The van der Waals surface area contributed by atoms with Gasteiger partial charge in [0, 0.05) is 5.56 Å². The van der Waals surface area contributed by atoms with Crippen molar-refractivity contribution < 1.29 is 18.3 Å². The smallest absolute Gasteiger partial charge is 0.255 e. The van der Waals surface area contributed by atoms with E-state index in [-0.39, 0.29) is 17.6 Å². The van der Waals surface area contributed by atoms with Gasteiger partial charge in [-0.2, -0.15) is 0 Å². The van der Waals surface area contributed by atoms with Gasteiger partial charge in [-0.15, -0.1) is 10.2 Å². The average molecular weight is 403 g/mol. The maximum absolute atomic E-state index is 13.4. The van der Waals surface area contributed by atoms with Crippen LogP contribution in [0.4, 0.5) is 4.39 Å². The van der Waals surface area contributed by atoms with Crippen LogP contribution in [0, 0.1) is 5.82 Å². The minimum absolute atomic E-state index is 0.184. The van der Waals surface area contributed by atoms with Crippen LogP contribution in [0.3, 0.4) is 0 Å². The van der Waals surface area contributed by atoms with Crippen LogP contribution in [-0.4, -0.2) is 23.2 Å². The lowest BCUT2D eigenvalue weighted by Gasteiger charge is -2.17. The molecule has 7 heteroatoms. The zero-order valence-electron chi connectivity index (χ0n) is 16.1. The molecule has 6 nitrogen and oxygen atoms in total. The van der Waals surface area contributed by atoms with Crippen molar-refractivity contribution in [2.75, 3.05) is 7.11 Å². The summed E-state index contributed by atoms with van der Waals surface area (Å²) >= 11 is 0. The fourth-order valence-electron chi connectivity index (χ4n) is 3.03. The molecule has 4 aromatic rings. The van der Waals surface area contributed by atoms with Crippen molar-refractivity contribution in [2.24, 2.45) is 0 Å². The predicted molar refractivity (Wildman–Crippen MR) is 108 cm³/mol. The number of hydrogen-bond donors (Lipinski definition) is 1. The molecule has 1 amide bonds. The van der Waals surface area contributed by atoms with Crippen LogP contribution < -0.4 is 10.1 Å². The van der Waals surface area contributed by atoms with E-state index in [9.17, 15) is 9.18 Å². The van der Waals surface area contributed by atoms with Crippen LogP contribution in [0.15, 0.2) is 83.3 Å². The van der Waals surface area contributed by atoms with Crippen LogP contribution in [0.25, 0.3) is 11.5 Å². The first-order chi connectivity index (χ1) is 14.7. The lowest BCUT2D eigenvalue weighted by atomic mass is 10.1. The second-order valence-electron chi connectivity index (χ2n) is 6.47. The van der Waals surface area contributed by atoms with Gasteiger partial charge in [0.1, 0.15) is 17.6 Å². The van der Waals surface area contributed by atoms with Crippen LogP contribution in [0.5, 0.6) is 5.75 Å². The summed E-state index contributed by atoms with van der Waals surface area (Å²) in [7, 11) is 1.49. The van der Waals surface area contributed by atoms with Crippen molar-refractivity contribution >= 4 is 5.91 Å². The minimum Gasteiger partial charge on any atom is -0.496 e. The number of nitrogens with one attached hydrogen (secondary N) is 1. The van der Waals surface area contributed by atoms with Crippen LogP contribution in [0.2, 0.25) is 0 Å². The molecule has 0 spiro atoms. The van der Waals surface area contributed by atoms with Gasteiger partial charge >= 0.3 is 0 Å². The quantitative estimate of drug-likeness (QED) is 0.516. The Bertz CT molecular complexity index is 1140. The highest BCUT2D eigenvalue weighted by molar-refractivity contribution is 5.97. The maximum atomic E-state index is 13.4. The van der Waals surface area contributed by atoms with Gasteiger partial charge in [0.25, 0.3) is 5.91 Å². The van der Waals surface area contributed by atoms with Crippen molar-refractivity contribution in [3.63, 3.8) is 0 Å². The minimum atomic E-state index is -0.770. The summed E-state index contributed by atoms with van der Waals surface area (Å²) < 4.78 is 24.6. The van der Waals surface area contributed by atoms with E-state index in [0.29, 0.717) is 22.8 Å². The second-order valence-corrected chi connectivity index (χ2v) is 6.47. The largest absolute Gasteiger partial charge is 0.496 e. The highest BCUT2D eigenvalue weighted by Crippen LogP contribution is 2.26. The number of methoxy groups -OCH3 is 1. The Morgan fingerprint density at radius 3 is 2.40 bits per heavy atom. The molecular weight excluding hydrogens is 385 g/mol.